The zero-order valence-corrected chi connectivity index (χ0v) is 12.3. The molecule has 1 fully saturated rings. The number of aliphatic hydroxyl groups excluding tert-OH is 2. The van der Waals surface area contributed by atoms with E-state index in [0.29, 0.717) is 5.41 Å². The molecule has 1 unspecified atom stereocenters. The van der Waals surface area contributed by atoms with E-state index in [2.05, 4.69) is 0 Å². The van der Waals surface area contributed by atoms with Gasteiger partial charge in [-0.2, -0.15) is 8.42 Å². The highest BCUT2D eigenvalue weighted by Crippen LogP contribution is 2.46. The maximum atomic E-state index is 11.8. The van der Waals surface area contributed by atoms with E-state index >= 15 is 0 Å². The first-order valence-electron chi connectivity index (χ1n) is 6.40. The minimum atomic E-state index is -4.17. The van der Waals surface area contributed by atoms with E-state index in [9.17, 15) is 28.2 Å². The van der Waals surface area contributed by atoms with Crippen LogP contribution in [0.4, 0.5) is 0 Å². The summed E-state index contributed by atoms with van der Waals surface area (Å²) in [4.78, 5) is 24.9. The van der Waals surface area contributed by atoms with E-state index in [1.54, 1.807) is 0 Å². The molecule has 126 valence electrons. The summed E-state index contributed by atoms with van der Waals surface area (Å²) in [5.74, 6) is 0. The summed E-state index contributed by atoms with van der Waals surface area (Å²) in [6, 6.07) is 1.02. The molecule has 23 heavy (non-hydrogen) atoms. The lowest BCUT2D eigenvalue weighted by Crippen LogP contribution is -2.53. The number of nitrogens with one attached hydrogen (secondary N) is 1. The molecule has 12 heteroatoms. The van der Waals surface area contributed by atoms with Crippen LogP contribution in [0, 0.1) is 0 Å². The monoisotopic (exact) mass is 347 g/mol. The number of hydrogen-bond acceptors (Lipinski definition) is 9. The van der Waals surface area contributed by atoms with Crippen molar-refractivity contribution in [1.82, 2.24) is 9.55 Å². The number of H-pyrrole nitrogens is 1. The number of nitrogens with two attached hydrogens (primary N) is 1. The van der Waals surface area contributed by atoms with Crippen molar-refractivity contribution in [2.24, 2.45) is 5.73 Å². The van der Waals surface area contributed by atoms with E-state index in [4.69, 9.17) is 14.7 Å². The van der Waals surface area contributed by atoms with Crippen LogP contribution < -0.4 is 17.0 Å². The third-order valence-corrected chi connectivity index (χ3v) is 4.81. The molecule has 2 aliphatic heterocycles. The number of nitrogens with zero attached hydrogens (tertiary/aromatic N) is 1. The first kappa shape index (κ1) is 15.9. The van der Waals surface area contributed by atoms with Crippen molar-refractivity contribution in [3.05, 3.63) is 44.2 Å². The van der Waals surface area contributed by atoms with Crippen LogP contribution in [0.1, 0.15) is 6.23 Å². The van der Waals surface area contributed by atoms with Gasteiger partial charge in [0.15, 0.2) is 11.8 Å². The molecule has 1 spiro atoms. The zero-order valence-electron chi connectivity index (χ0n) is 11.4. The van der Waals surface area contributed by atoms with Crippen molar-refractivity contribution >= 4 is 10.1 Å². The van der Waals surface area contributed by atoms with Gasteiger partial charge in [0.2, 0.25) is 0 Å². The summed E-state index contributed by atoms with van der Waals surface area (Å²) in [7, 11) is -4.17. The number of aliphatic hydroxyl groups is 2. The summed E-state index contributed by atoms with van der Waals surface area (Å²) in [6.45, 7) is -0.726. The van der Waals surface area contributed by atoms with Crippen molar-refractivity contribution in [3.63, 3.8) is 0 Å². The normalized spacial score (nSPS) is 35.6. The Bertz CT molecular complexity index is 887. The van der Waals surface area contributed by atoms with Crippen LogP contribution in [0.5, 0.6) is 0 Å². The van der Waals surface area contributed by atoms with Crippen molar-refractivity contribution in [2.45, 2.75) is 24.0 Å². The van der Waals surface area contributed by atoms with Crippen LogP contribution in [0.2, 0.25) is 0 Å². The molecule has 0 saturated carbocycles. The van der Waals surface area contributed by atoms with Crippen LogP contribution in [0.15, 0.2) is 33.0 Å². The molecule has 2 aliphatic rings. The van der Waals surface area contributed by atoms with Crippen LogP contribution in [0.3, 0.4) is 0 Å². The van der Waals surface area contributed by atoms with Crippen molar-refractivity contribution in [1.29, 1.82) is 0 Å². The van der Waals surface area contributed by atoms with E-state index in [1.165, 1.54) is 0 Å². The minimum Gasteiger partial charge on any atom is -0.399 e. The van der Waals surface area contributed by atoms with Gasteiger partial charge in [-0.1, -0.05) is 0 Å². The van der Waals surface area contributed by atoms with Crippen molar-refractivity contribution in [2.75, 3.05) is 6.61 Å². The van der Waals surface area contributed by atoms with Gasteiger partial charge in [-0.05, 0) is 0 Å². The van der Waals surface area contributed by atoms with Gasteiger partial charge in [0.05, 0.1) is 17.7 Å². The van der Waals surface area contributed by atoms with Crippen molar-refractivity contribution < 1.29 is 27.6 Å². The molecule has 1 aromatic heterocycles. The van der Waals surface area contributed by atoms with Crippen LogP contribution in [0.25, 0.3) is 0 Å². The number of aromatic amines is 1. The quantitative estimate of drug-likeness (QED) is 0.399. The summed E-state index contributed by atoms with van der Waals surface area (Å²) in [6.07, 6.45) is -3.42. The van der Waals surface area contributed by atoms with Crippen LogP contribution >= 0.6 is 0 Å². The first-order valence-corrected chi connectivity index (χ1v) is 7.87. The topological polar surface area (TPSA) is 174 Å². The third kappa shape index (κ3) is 2.22. The highest BCUT2D eigenvalue weighted by molar-refractivity contribution is 7.90. The fraction of sp³-hybridized carbons (Fsp3) is 0.455. The lowest BCUT2D eigenvalue weighted by Gasteiger charge is -2.30. The van der Waals surface area contributed by atoms with E-state index in [1.807, 2.05) is 4.98 Å². The highest BCUT2D eigenvalue weighted by atomic mass is 32.2. The first-order chi connectivity index (χ1) is 10.7. The summed E-state index contributed by atoms with van der Waals surface area (Å²) in [5, 5.41) is 20.5. The Balaban J connectivity index is 2.10. The molecule has 3 heterocycles. The molecular formula is C11H13N3O8S. The second kappa shape index (κ2) is 5.01. The van der Waals surface area contributed by atoms with E-state index < -0.39 is 52.0 Å². The summed E-state index contributed by atoms with van der Waals surface area (Å²) < 4.78 is 34.3. The third-order valence-electron chi connectivity index (χ3n) is 3.76. The molecule has 0 aromatic carbocycles. The van der Waals surface area contributed by atoms with Crippen LogP contribution in [-0.4, -0.2) is 52.6 Å². The lowest BCUT2D eigenvalue weighted by molar-refractivity contribution is -0.0590. The number of hydrogen-bond donors (Lipinski definition) is 4. The Labute approximate surface area is 128 Å². The fourth-order valence-corrected chi connectivity index (χ4v) is 3.97. The maximum absolute atomic E-state index is 11.8. The van der Waals surface area contributed by atoms with Crippen LogP contribution in [-0.2, 0) is 19.0 Å². The molecule has 0 amide bonds. The standard InChI is InChI=1S/C11H13N3O8S/c12-5-4-23(19,20)22-11(5)6(3-15)21-9(8(11)17)14-2-1-7(16)13-10(14)18/h1-2,4,6,8-9,15,17H,3,12H2,(H,13,16,18)/t6-,8+,9-,11?/m1/s1. The molecule has 3 rings (SSSR count). The molecule has 0 bridgehead atoms. The van der Waals surface area contributed by atoms with Gasteiger partial charge in [-0.3, -0.25) is 14.3 Å². The molecular weight excluding hydrogens is 334 g/mol. The maximum Gasteiger partial charge on any atom is 0.330 e. The number of rotatable bonds is 2. The van der Waals surface area contributed by atoms with Gasteiger partial charge in [-0.25, -0.2) is 8.98 Å². The van der Waals surface area contributed by atoms with Gasteiger partial charge < -0.3 is 20.7 Å². The Morgan fingerprint density at radius 1 is 1.43 bits per heavy atom. The van der Waals surface area contributed by atoms with Gasteiger partial charge in [-0.15, -0.1) is 0 Å². The predicted molar refractivity (Wildman–Crippen MR) is 73.3 cm³/mol. The van der Waals surface area contributed by atoms with Crippen molar-refractivity contribution in [3.8, 4) is 0 Å². The Morgan fingerprint density at radius 3 is 2.65 bits per heavy atom. The molecule has 1 aromatic rings. The largest absolute Gasteiger partial charge is 0.399 e. The molecule has 0 radical (unpaired) electrons. The second-order valence-corrected chi connectivity index (χ2v) is 6.49. The smallest absolute Gasteiger partial charge is 0.330 e. The molecule has 4 atom stereocenters. The lowest BCUT2D eigenvalue weighted by atomic mass is 9.89. The molecule has 1 saturated heterocycles. The van der Waals surface area contributed by atoms with Gasteiger partial charge in [0, 0.05) is 12.3 Å². The van der Waals surface area contributed by atoms with Gasteiger partial charge in [0.1, 0.15) is 12.2 Å². The average molecular weight is 347 g/mol. The number of ether oxygens (including phenoxy) is 1. The summed E-state index contributed by atoms with van der Waals surface area (Å²) in [5.41, 5.74) is 1.71. The van der Waals surface area contributed by atoms with E-state index in [-0.39, 0.29) is 5.70 Å². The van der Waals surface area contributed by atoms with Gasteiger partial charge in [0.25, 0.3) is 15.7 Å². The molecule has 0 aliphatic carbocycles. The predicted octanol–water partition coefficient (Wildman–Crippen LogP) is -3.31. The van der Waals surface area contributed by atoms with Gasteiger partial charge >= 0.3 is 5.69 Å². The summed E-state index contributed by atoms with van der Waals surface area (Å²) >= 11 is 0. The minimum absolute atomic E-state index is 0.357. The highest BCUT2D eigenvalue weighted by Gasteiger charge is 2.64. The SMILES string of the molecule is NC1=CS(=O)(=O)OC12[C@@H](CO)O[C@@H](n1ccc(=O)[nH]c1=O)[C@@H]2O. The molecule has 5 N–H and O–H groups in total. The number of aromatic nitrogens is 2. The Hall–Kier alpha value is -1.99. The second-order valence-electron chi connectivity index (χ2n) is 5.10. The Kier molecular flexibility index (Phi) is 3.46. The molecule has 11 nitrogen and oxygen atoms in total. The van der Waals surface area contributed by atoms with E-state index in [0.717, 1.165) is 16.8 Å². The Morgan fingerprint density at radius 2 is 2.13 bits per heavy atom. The fourth-order valence-electron chi connectivity index (χ4n) is 2.74. The zero-order chi connectivity index (χ0) is 17.0. The average Bonchev–Trinajstić information content (AvgIpc) is 2.86.